The van der Waals surface area contributed by atoms with E-state index in [1.807, 2.05) is 0 Å². The fourth-order valence-electron chi connectivity index (χ4n) is 2.38. The summed E-state index contributed by atoms with van der Waals surface area (Å²) in [5.74, 6) is 0.944. The van der Waals surface area contributed by atoms with Gasteiger partial charge in [0.2, 0.25) is 5.91 Å². The van der Waals surface area contributed by atoms with Crippen LogP contribution in [0.25, 0.3) is 0 Å². The van der Waals surface area contributed by atoms with Crippen LogP contribution in [-0.2, 0) is 11.2 Å². The van der Waals surface area contributed by atoms with Gasteiger partial charge in [0.1, 0.15) is 17.2 Å². The highest BCUT2D eigenvalue weighted by Crippen LogP contribution is 2.32. The van der Waals surface area contributed by atoms with Crippen molar-refractivity contribution in [2.45, 2.75) is 6.42 Å². The molecule has 142 valence electrons. The molecule has 0 unspecified atom stereocenters. The van der Waals surface area contributed by atoms with Gasteiger partial charge in [0, 0.05) is 23.8 Å². The minimum absolute atomic E-state index is 0.116. The van der Waals surface area contributed by atoms with Crippen molar-refractivity contribution in [2.75, 3.05) is 21.3 Å². The van der Waals surface area contributed by atoms with Crippen LogP contribution < -0.4 is 19.6 Å². The van der Waals surface area contributed by atoms with E-state index in [0.717, 1.165) is 0 Å². The van der Waals surface area contributed by atoms with Gasteiger partial charge < -0.3 is 14.2 Å². The SMILES string of the molecule is COc1cc(OC)c(C=NNC(=O)Cc2ccccc2[N+](=O)[O-])c(OC)c1. The van der Waals surface area contributed by atoms with Crippen molar-refractivity contribution < 1.29 is 23.9 Å². The number of amides is 1. The third kappa shape index (κ3) is 4.94. The second-order valence-electron chi connectivity index (χ2n) is 5.30. The molecule has 1 amide bonds. The Balaban J connectivity index is 2.14. The molecule has 0 aliphatic rings. The molecule has 9 heteroatoms. The number of benzene rings is 2. The molecular weight excluding hydrogens is 354 g/mol. The molecule has 0 aliphatic heterocycles. The molecule has 0 heterocycles. The molecule has 9 nitrogen and oxygen atoms in total. The van der Waals surface area contributed by atoms with Gasteiger partial charge in [-0.2, -0.15) is 5.10 Å². The number of nitrogens with one attached hydrogen (secondary N) is 1. The number of carbonyl (C=O) groups excluding carboxylic acids is 1. The molecule has 1 N–H and O–H groups in total. The number of hydrazone groups is 1. The van der Waals surface area contributed by atoms with E-state index in [1.165, 1.54) is 39.7 Å². The zero-order valence-corrected chi connectivity index (χ0v) is 15.1. The summed E-state index contributed by atoms with van der Waals surface area (Å²) in [5, 5.41) is 14.9. The van der Waals surface area contributed by atoms with Gasteiger partial charge >= 0.3 is 0 Å². The van der Waals surface area contributed by atoms with Gasteiger partial charge in [0.05, 0.1) is 44.5 Å². The van der Waals surface area contributed by atoms with Gasteiger partial charge in [-0.05, 0) is 0 Å². The Morgan fingerprint density at radius 3 is 2.33 bits per heavy atom. The molecule has 2 aromatic rings. The zero-order valence-electron chi connectivity index (χ0n) is 15.1. The van der Waals surface area contributed by atoms with Crippen LogP contribution in [0.3, 0.4) is 0 Å². The van der Waals surface area contributed by atoms with Gasteiger partial charge in [-0.3, -0.25) is 14.9 Å². The highest BCUT2D eigenvalue weighted by Gasteiger charge is 2.15. The van der Waals surface area contributed by atoms with Crippen molar-refractivity contribution in [3.8, 4) is 17.2 Å². The Labute approximate surface area is 155 Å². The van der Waals surface area contributed by atoms with Gasteiger partial charge in [-0.25, -0.2) is 5.43 Å². The number of hydrogen-bond acceptors (Lipinski definition) is 7. The fourth-order valence-corrected chi connectivity index (χ4v) is 2.38. The first-order valence-electron chi connectivity index (χ1n) is 7.84. The largest absolute Gasteiger partial charge is 0.496 e. The first-order valence-corrected chi connectivity index (χ1v) is 7.84. The van der Waals surface area contributed by atoms with Gasteiger partial charge in [0.15, 0.2) is 0 Å². The standard InChI is InChI=1S/C18H19N3O6/c1-25-13-9-16(26-2)14(17(10-13)27-3)11-19-20-18(22)8-12-6-4-5-7-15(12)21(23)24/h4-7,9-11H,8H2,1-3H3,(H,20,22). The van der Waals surface area contributed by atoms with Crippen LogP contribution in [0, 0.1) is 10.1 Å². The van der Waals surface area contributed by atoms with Crippen LogP contribution in [0.1, 0.15) is 11.1 Å². The minimum atomic E-state index is -0.529. The van der Waals surface area contributed by atoms with E-state index in [1.54, 1.807) is 24.3 Å². The molecule has 0 saturated carbocycles. The average molecular weight is 373 g/mol. The Hall–Kier alpha value is -3.62. The van der Waals surface area contributed by atoms with E-state index < -0.39 is 10.8 Å². The van der Waals surface area contributed by atoms with E-state index in [9.17, 15) is 14.9 Å². The third-order valence-electron chi connectivity index (χ3n) is 3.68. The van der Waals surface area contributed by atoms with Crippen LogP contribution in [0.2, 0.25) is 0 Å². The Morgan fingerprint density at radius 2 is 1.78 bits per heavy atom. The van der Waals surface area contributed by atoms with E-state index in [-0.39, 0.29) is 12.1 Å². The second-order valence-corrected chi connectivity index (χ2v) is 5.30. The molecule has 27 heavy (non-hydrogen) atoms. The summed E-state index contributed by atoms with van der Waals surface area (Å²) in [6, 6.07) is 9.35. The highest BCUT2D eigenvalue weighted by molar-refractivity contribution is 5.89. The lowest BCUT2D eigenvalue weighted by Crippen LogP contribution is -2.20. The van der Waals surface area contributed by atoms with Crippen molar-refractivity contribution >= 4 is 17.8 Å². The lowest BCUT2D eigenvalue weighted by molar-refractivity contribution is -0.385. The van der Waals surface area contributed by atoms with E-state index in [0.29, 0.717) is 28.4 Å². The molecular formula is C18H19N3O6. The Kier molecular flexibility index (Phi) is 6.70. The molecule has 0 aliphatic carbocycles. The number of methoxy groups -OCH3 is 3. The van der Waals surface area contributed by atoms with Crippen molar-refractivity contribution in [1.82, 2.24) is 5.43 Å². The Morgan fingerprint density at radius 1 is 1.15 bits per heavy atom. The molecule has 0 fully saturated rings. The number of nitro benzene ring substituents is 1. The van der Waals surface area contributed by atoms with Crippen molar-refractivity contribution in [2.24, 2.45) is 5.10 Å². The second kappa shape index (κ2) is 9.18. The lowest BCUT2D eigenvalue weighted by atomic mass is 10.1. The van der Waals surface area contributed by atoms with Crippen LogP contribution in [0.4, 0.5) is 5.69 Å². The van der Waals surface area contributed by atoms with Gasteiger partial charge in [-0.15, -0.1) is 0 Å². The highest BCUT2D eigenvalue weighted by atomic mass is 16.6. The molecule has 0 bridgehead atoms. The summed E-state index contributed by atoms with van der Waals surface area (Å²) >= 11 is 0. The molecule has 0 saturated heterocycles. The van der Waals surface area contributed by atoms with Crippen LogP contribution in [0.15, 0.2) is 41.5 Å². The summed E-state index contributed by atoms with van der Waals surface area (Å²) in [5.41, 5.74) is 3.03. The van der Waals surface area contributed by atoms with E-state index in [2.05, 4.69) is 10.5 Å². The van der Waals surface area contributed by atoms with Gasteiger partial charge in [0.25, 0.3) is 5.69 Å². The summed E-state index contributed by atoms with van der Waals surface area (Å²) < 4.78 is 15.7. The maximum atomic E-state index is 12.1. The lowest BCUT2D eigenvalue weighted by Gasteiger charge is -2.12. The summed E-state index contributed by atoms with van der Waals surface area (Å²) in [7, 11) is 4.49. The summed E-state index contributed by atoms with van der Waals surface area (Å²) in [6.07, 6.45) is 1.19. The minimum Gasteiger partial charge on any atom is -0.496 e. The molecule has 0 aromatic heterocycles. The first kappa shape index (κ1) is 19.7. The fraction of sp³-hybridized carbons (Fsp3) is 0.222. The molecule has 0 atom stereocenters. The van der Waals surface area contributed by atoms with Crippen molar-refractivity contribution in [1.29, 1.82) is 0 Å². The molecule has 0 radical (unpaired) electrons. The predicted octanol–water partition coefficient (Wildman–Crippen LogP) is 2.31. The molecule has 2 aromatic carbocycles. The van der Waals surface area contributed by atoms with Crippen LogP contribution in [0.5, 0.6) is 17.2 Å². The topological polar surface area (TPSA) is 112 Å². The van der Waals surface area contributed by atoms with Crippen LogP contribution >= 0.6 is 0 Å². The number of nitrogens with zero attached hydrogens (tertiary/aromatic N) is 2. The van der Waals surface area contributed by atoms with E-state index >= 15 is 0 Å². The third-order valence-corrected chi connectivity index (χ3v) is 3.68. The van der Waals surface area contributed by atoms with Crippen molar-refractivity contribution in [3.63, 3.8) is 0 Å². The number of para-hydroxylation sites is 1. The summed E-state index contributed by atoms with van der Waals surface area (Å²) in [6.45, 7) is 0. The number of nitro groups is 1. The molecule has 2 rings (SSSR count). The van der Waals surface area contributed by atoms with Crippen molar-refractivity contribution in [3.05, 3.63) is 57.6 Å². The maximum absolute atomic E-state index is 12.1. The monoisotopic (exact) mass is 373 g/mol. The summed E-state index contributed by atoms with van der Waals surface area (Å²) in [4.78, 5) is 22.5. The Bertz CT molecular complexity index is 841. The first-order chi connectivity index (χ1) is 13.0. The number of ether oxygens (including phenoxy) is 3. The number of hydrogen-bond donors (Lipinski definition) is 1. The normalized spacial score (nSPS) is 10.5. The predicted molar refractivity (Wildman–Crippen MR) is 98.6 cm³/mol. The van der Waals surface area contributed by atoms with Gasteiger partial charge in [-0.1, -0.05) is 18.2 Å². The number of rotatable bonds is 8. The average Bonchev–Trinajstić information content (AvgIpc) is 2.67. The number of carbonyl (C=O) groups is 1. The zero-order chi connectivity index (χ0) is 19.8. The quantitative estimate of drug-likeness (QED) is 0.432. The van der Waals surface area contributed by atoms with Crippen LogP contribution in [-0.4, -0.2) is 38.4 Å². The maximum Gasteiger partial charge on any atom is 0.273 e. The smallest absolute Gasteiger partial charge is 0.273 e. The van der Waals surface area contributed by atoms with E-state index in [4.69, 9.17) is 14.2 Å². The molecule has 0 spiro atoms.